The number of amides is 1. The minimum absolute atomic E-state index is 0.0456. The number of anilines is 2. The Balaban J connectivity index is 1.59. The van der Waals surface area contributed by atoms with Crippen LogP contribution in [0.5, 0.6) is 0 Å². The van der Waals surface area contributed by atoms with E-state index >= 15 is 0 Å². The van der Waals surface area contributed by atoms with Gasteiger partial charge in [0.2, 0.25) is 0 Å². The van der Waals surface area contributed by atoms with Gasteiger partial charge in [-0.2, -0.15) is 14.9 Å². The first kappa shape index (κ1) is 28.4. The van der Waals surface area contributed by atoms with Crippen LogP contribution < -0.4 is 21.5 Å². The third-order valence-corrected chi connectivity index (χ3v) is 8.49. The van der Waals surface area contributed by atoms with E-state index in [4.69, 9.17) is 10.8 Å². The summed E-state index contributed by atoms with van der Waals surface area (Å²) >= 11 is 0. The molecule has 1 aliphatic rings. The Morgan fingerprint density at radius 1 is 0.976 bits per heavy atom. The SMILES string of the molecule is C[C@@H]1CN(c2c(NC(=O)c3ccc(=O)n(-c4c(F)cccc4F)n3)ccc3nn(C(C)(C)C(C)(C)C)cc23)C[C@@H]1N. The number of halogens is 2. The lowest BCUT2D eigenvalue weighted by Gasteiger charge is -2.39. The highest BCUT2D eigenvalue weighted by Gasteiger charge is 2.36. The molecule has 4 aromatic rings. The number of carbonyl (C=O) groups is 1. The van der Waals surface area contributed by atoms with Crippen LogP contribution in [0.4, 0.5) is 20.2 Å². The van der Waals surface area contributed by atoms with Gasteiger partial charge < -0.3 is 16.0 Å². The van der Waals surface area contributed by atoms with Gasteiger partial charge in [-0.25, -0.2) is 8.78 Å². The van der Waals surface area contributed by atoms with Crippen LogP contribution in [0.25, 0.3) is 16.6 Å². The minimum atomic E-state index is -0.973. The lowest BCUT2D eigenvalue weighted by Crippen LogP contribution is -2.40. The summed E-state index contributed by atoms with van der Waals surface area (Å²) in [6.45, 7) is 14.1. The molecule has 2 atom stereocenters. The summed E-state index contributed by atoms with van der Waals surface area (Å²) in [4.78, 5) is 28.1. The summed E-state index contributed by atoms with van der Waals surface area (Å²) in [5.41, 5.74) is 6.41. The van der Waals surface area contributed by atoms with Crippen molar-refractivity contribution in [2.24, 2.45) is 17.1 Å². The van der Waals surface area contributed by atoms with Crippen LogP contribution in [0.1, 0.15) is 52.0 Å². The Labute approximate surface area is 236 Å². The molecular formula is C30H35F2N7O2. The Kier molecular flexibility index (Phi) is 6.97. The van der Waals surface area contributed by atoms with Gasteiger partial charge in [0.25, 0.3) is 11.5 Å². The number of fused-ring (bicyclic) bond motifs is 1. The van der Waals surface area contributed by atoms with Crippen LogP contribution in [0.15, 0.2) is 53.5 Å². The van der Waals surface area contributed by atoms with Crippen LogP contribution in [0, 0.1) is 23.0 Å². The molecule has 2 aromatic heterocycles. The number of para-hydroxylation sites is 1. The Morgan fingerprint density at radius 3 is 2.27 bits per heavy atom. The lowest BCUT2D eigenvalue weighted by molar-refractivity contribution is 0.102. The molecule has 3 heterocycles. The van der Waals surface area contributed by atoms with Crippen LogP contribution in [0.3, 0.4) is 0 Å². The molecule has 1 aliphatic heterocycles. The zero-order chi connectivity index (χ0) is 29.9. The molecule has 216 valence electrons. The molecule has 11 heteroatoms. The second kappa shape index (κ2) is 10.1. The molecule has 9 nitrogen and oxygen atoms in total. The number of nitrogens with one attached hydrogen (secondary N) is 1. The van der Waals surface area contributed by atoms with Crippen molar-refractivity contribution in [1.82, 2.24) is 19.6 Å². The maximum atomic E-state index is 14.4. The van der Waals surface area contributed by atoms with Crippen molar-refractivity contribution >= 4 is 28.2 Å². The summed E-state index contributed by atoms with van der Waals surface area (Å²) in [7, 11) is 0. The third kappa shape index (κ3) is 4.99. The van der Waals surface area contributed by atoms with Crippen molar-refractivity contribution in [1.29, 1.82) is 0 Å². The highest BCUT2D eigenvalue weighted by molar-refractivity contribution is 6.08. The zero-order valence-corrected chi connectivity index (χ0v) is 24.1. The summed E-state index contributed by atoms with van der Waals surface area (Å²) in [6.07, 6.45) is 2.00. The smallest absolute Gasteiger partial charge is 0.276 e. The Bertz CT molecular complexity index is 1670. The van der Waals surface area contributed by atoms with Gasteiger partial charge >= 0.3 is 0 Å². The molecule has 0 spiro atoms. The summed E-state index contributed by atoms with van der Waals surface area (Å²) in [6, 6.07) is 9.07. The minimum Gasteiger partial charge on any atom is -0.367 e. The average Bonchev–Trinajstić information content (AvgIpc) is 3.47. The second-order valence-electron chi connectivity index (χ2n) is 12.3. The van der Waals surface area contributed by atoms with Crippen LogP contribution in [-0.2, 0) is 5.54 Å². The van der Waals surface area contributed by atoms with E-state index in [0.717, 1.165) is 34.8 Å². The molecule has 0 unspecified atom stereocenters. The standard InChI is InChI=1S/C30H35F2N7O2/c1-17-14-37(16-21(17)33)26-18-15-38(30(5,6)29(2,3)4)35-22(18)10-11-23(26)34-28(41)24-12-13-25(40)39(36-24)27-19(31)8-7-9-20(27)32/h7-13,15,17,21H,14,16,33H2,1-6H3,(H,34,41)/t17-,21+/m1/s1. The topological polar surface area (TPSA) is 111 Å². The number of carbonyl (C=O) groups excluding carboxylic acids is 1. The molecular weight excluding hydrogens is 528 g/mol. The summed E-state index contributed by atoms with van der Waals surface area (Å²) < 4.78 is 31.4. The highest BCUT2D eigenvalue weighted by Crippen LogP contribution is 2.41. The third-order valence-electron chi connectivity index (χ3n) is 8.49. The second-order valence-corrected chi connectivity index (χ2v) is 12.3. The number of hydrogen-bond donors (Lipinski definition) is 2. The largest absolute Gasteiger partial charge is 0.367 e. The lowest BCUT2D eigenvalue weighted by atomic mass is 9.76. The van der Waals surface area contributed by atoms with E-state index in [0.29, 0.717) is 23.5 Å². The molecule has 3 N–H and O–H groups in total. The van der Waals surface area contributed by atoms with Gasteiger partial charge in [-0.15, -0.1) is 0 Å². The van der Waals surface area contributed by atoms with Crippen molar-refractivity contribution < 1.29 is 13.6 Å². The van der Waals surface area contributed by atoms with E-state index in [9.17, 15) is 18.4 Å². The predicted octanol–water partition coefficient (Wildman–Crippen LogP) is 4.68. The Hall–Kier alpha value is -4.12. The molecule has 1 saturated heterocycles. The van der Waals surface area contributed by atoms with Crippen molar-refractivity contribution in [3.63, 3.8) is 0 Å². The van der Waals surface area contributed by atoms with E-state index in [-0.39, 0.29) is 28.6 Å². The molecule has 1 amide bonds. The van der Waals surface area contributed by atoms with Gasteiger partial charge in [0.05, 0.1) is 22.4 Å². The fourth-order valence-electron chi connectivity index (χ4n) is 4.90. The predicted molar refractivity (Wildman–Crippen MR) is 156 cm³/mol. The molecule has 41 heavy (non-hydrogen) atoms. The van der Waals surface area contributed by atoms with E-state index < -0.39 is 28.8 Å². The normalized spacial score (nSPS) is 17.8. The Morgan fingerprint density at radius 2 is 1.66 bits per heavy atom. The van der Waals surface area contributed by atoms with Gasteiger partial charge in [0.15, 0.2) is 11.6 Å². The van der Waals surface area contributed by atoms with Crippen molar-refractivity contribution in [2.75, 3.05) is 23.3 Å². The van der Waals surface area contributed by atoms with Gasteiger partial charge in [0.1, 0.15) is 11.4 Å². The van der Waals surface area contributed by atoms with E-state index in [1.54, 1.807) is 6.07 Å². The average molecular weight is 564 g/mol. The maximum Gasteiger partial charge on any atom is 0.276 e. The van der Waals surface area contributed by atoms with Crippen LogP contribution in [-0.4, -0.2) is 44.6 Å². The van der Waals surface area contributed by atoms with E-state index in [1.807, 2.05) is 16.9 Å². The van der Waals surface area contributed by atoms with Crippen molar-refractivity contribution in [3.8, 4) is 5.69 Å². The van der Waals surface area contributed by atoms with Crippen molar-refractivity contribution in [3.05, 3.63) is 76.3 Å². The molecule has 0 aliphatic carbocycles. The maximum absolute atomic E-state index is 14.4. The first-order valence-corrected chi connectivity index (χ1v) is 13.6. The number of hydrogen-bond acceptors (Lipinski definition) is 6. The van der Waals surface area contributed by atoms with Gasteiger partial charge in [-0.05, 0) is 55.5 Å². The van der Waals surface area contributed by atoms with Crippen LogP contribution >= 0.6 is 0 Å². The fourth-order valence-corrected chi connectivity index (χ4v) is 4.90. The van der Waals surface area contributed by atoms with Crippen LogP contribution in [0.2, 0.25) is 0 Å². The fraction of sp³-hybridized carbons (Fsp3) is 0.400. The number of rotatable bonds is 5. The summed E-state index contributed by atoms with van der Waals surface area (Å²) in [5, 5.41) is 12.7. The number of nitrogens with zero attached hydrogens (tertiary/aromatic N) is 5. The summed E-state index contributed by atoms with van der Waals surface area (Å²) in [5.74, 6) is -2.36. The van der Waals surface area contributed by atoms with Gasteiger partial charge in [-0.1, -0.05) is 33.8 Å². The molecule has 1 fully saturated rings. The molecule has 0 saturated carbocycles. The molecule has 2 aromatic carbocycles. The zero-order valence-electron chi connectivity index (χ0n) is 24.1. The van der Waals surface area contributed by atoms with Gasteiger partial charge in [0, 0.05) is 36.8 Å². The number of nitrogens with two attached hydrogens (primary N) is 1. The monoisotopic (exact) mass is 563 g/mol. The number of benzene rings is 2. The quantitative estimate of drug-likeness (QED) is 0.365. The number of aromatic nitrogens is 4. The molecule has 0 bridgehead atoms. The first-order valence-electron chi connectivity index (χ1n) is 13.6. The first-order chi connectivity index (χ1) is 19.2. The van der Waals surface area contributed by atoms with Gasteiger partial charge in [-0.3, -0.25) is 14.3 Å². The molecule has 0 radical (unpaired) electrons. The van der Waals surface area contributed by atoms with Crippen molar-refractivity contribution in [2.45, 2.75) is 53.1 Å². The molecule has 5 rings (SSSR count). The van der Waals surface area contributed by atoms with E-state index in [2.05, 4.69) is 56.9 Å². The van der Waals surface area contributed by atoms with E-state index in [1.165, 1.54) is 12.1 Å². The highest BCUT2D eigenvalue weighted by atomic mass is 19.1.